The minimum Gasteiger partial charge on any atom is -0.481 e. The van der Waals surface area contributed by atoms with Gasteiger partial charge in [0.15, 0.2) is 5.01 Å². The fourth-order valence-electron chi connectivity index (χ4n) is 1.80. The Hall–Kier alpha value is -2.09. The Kier molecular flexibility index (Phi) is 5.02. The molecular weight excluding hydrogens is 317 g/mol. The Labute approximate surface area is 128 Å². The van der Waals surface area contributed by atoms with Crippen LogP contribution in [0.15, 0.2) is 30.5 Å². The lowest BCUT2D eigenvalue weighted by atomic mass is 10.1. The summed E-state index contributed by atoms with van der Waals surface area (Å²) in [4.78, 5) is 14.4. The minimum absolute atomic E-state index is 0.0350. The van der Waals surface area contributed by atoms with Crippen molar-refractivity contribution in [2.75, 3.05) is 5.32 Å². The molecule has 0 saturated heterocycles. The maximum Gasteiger partial charge on any atom is 0.443 e. The molecule has 0 spiro atoms. The number of hydrogen-bond donors (Lipinski definition) is 2. The molecule has 4 nitrogen and oxygen atoms in total. The number of anilines is 1. The Morgan fingerprint density at radius 3 is 2.77 bits per heavy atom. The van der Waals surface area contributed by atoms with E-state index in [1.54, 1.807) is 18.2 Å². The Balaban J connectivity index is 1.95. The second-order valence-corrected chi connectivity index (χ2v) is 5.69. The molecule has 1 heterocycles. The fourth-order valence-corrected chi connectivity index (χ4v) is 2.52. The number of aryl methyl sites for hydroxylation is 1. The number of halogens is 3. The van der Waals surface area contributed by atoms with Crippen LogP contribution >= 0.6 is 11.3 Å². The van der Waals surface area contributed by atoms with Crippen molar-refractivity contribution in [1.82, 2.24) is 4.98 Å². The first kappa shape index (κ1) is 16.3. The van der Waals surface area contributed by atoms with Crippen molar-refractivity contribution in [3.05, 3.63) is 45.9 Å². The standard InChI is InChI=1S/C14H13F3N2O2S/c15-14(16,17)13-19-8-11(22-13)7-18-10-3-1-2-9(6-10)4-5-12(20)21/h1-3,6,8,18H,4-5,7H2,(H,20,21). The summed E-state index contributed by atoms with van der Waals surface area (Å²) >= 11 is 0.601. The van der Waals surface area contributed by atoms with Crippen LogP contribution in [0.1, 0.15) is 21.9 Å². The van der Waals surface area contributed by atoms with E-state index in [0.717, 1.165) is 11.3 Å². The molecular formula is C14H13F3N2O2S. The summed E-state index contributed by atoms with van der Waals surface area (Å²) < 4.78 is 37.3. The first-order valence-corrected chi connectivity index (χ1v) is 7.23. The van der Waals surface area contributed by atoms with Crippen molar-refractivity contribution >= 4 is 23.0 Å². The van der Waals surface area contributed by atoms with Crippen molar-refractivity contribution in [2.24, 2.45) is 0 Å². The minimum atomic E-state index is -4.42. The van der Waals surface area contributed by atoms with Crippen LogP contribution in [0.5, 0.6) is 0 Å². The van der Waals surface area contributed by atoms with Gasteiger partial charge in [-0.1, -0.05) is 12.1 Å². The van der Waals surface area contributed by atoms with E-state index in [4.69, 9.17) is 5.11 Å². The van der Waals surface area contributed by atoms with Crippen molar-refractivity contribution in [3.63, 3.8) is 0 Å². The van der Waals surface area contributed by atoms with E-state index in [0.29, 0.717) is 22.6 Å². The largest absolute Gasteiger partial charge is 0.481 e. The van der Waals surface area contributed by atoms with Gasteiger partial charge in [0.05, 0.1) is 6.54 Å². The molecule has 2 aromatic rings. The summed E-state index contributed by atoms with van der Waals surface area (Å²) in [7, 11) is 0. The SMILES string of the molecule is O=C(O)CCc1cccc(NCc2cnc(C(F)(F)F)s2)c1. The zero-order chi connectivity index (χ0) is 16.2. The molecule has 8 heteroatoms. The van der Waals surface area contributed by atoms with Crippen LogP contribution in [-0.2, 0) is 23.9 Å². The molecule has 2 rings (SSSR count). The molecule has 118 valence electrons. The highest BCUT2D eigenvalue weighted by molar-refractivity contribution is 7.11. The highest BCUT2D eigenvalue weighted by atomic mass is 32.1. The first-order valence-electron chi connectivity index (χ1n) is 6.41. The molecule has 0 saturated carbocycles. The molecule has 0 aliphatic heterocycles. The molecule has 0 atom stereocenters. The second-order valence-electron chi connectivity index (χ2n) is 4.58. The summed E-state index contributed by atoms with van der Waals surface area (Å²) in [6.45, 7) is 0.232. The second kappa shape index (κ2) is 6.78. The highest BCUT2D eigenvalue weighted by Crippen LogP contribution is 2.32. The van der Waals surface area contributed by atoms with E-state index in [9.17, 15) is 18.0 Å². The Bertz CT molecular complexity index is 656. The fraction of sp³-hybridized carbons (Fsp3) is 0.286. The molecule has 0 fully saturated rings. The molecule has 1 aromatic heterocycles. The van der Waals surface area contributed by atoms with Crippen LogP contribution in [0.3, 0.4) is 0 Å². The van der Waals surface area contributed by atoms with Crippen LogP contribution in [0.2, 0.25) is 0 Å². The number of thiazole rings is 1. The molecule has 0 radical (unpaired) electrons. The van der Waals surface area contributed by atoms with Crippen molar-refractivity contribution in [2.45, 2.75) is 25.6 Å². The van der Waals surface area contributed by atoms with Gasteiger partial charge in [-0.2, -0.15) is 13.2 Å². The Morgan fingerprint density at radius 1 is 1.36 bits per heavy atom. The topological polar surface area (TPSA) is 62.2 Å². The monoisotopic (exact) mass is 330 g/mol. The Morgan fingerprint density at radius 2 is 2.14 bits per heavy atom. The first-order chi connectivity index (χ1) is 10.3. The van der Waals surface area contributed by atoms with E-state index >= 15 is 0 Å². The van der Waals surface area contributed by atoms with Crippen molar-refractivity contribution < 1.29 is 23.1 Å². The van der Waals surface area contributed by atoms with E-state index < -0.39 is 17.2 Å². The normalized spacial score (nSPS) is 11.4. The van der Waals surface area contributed by atoms with Gasteiger partial charge in [0, 0.05) is 23.2 Å². The van der Waals surface area contributed by atoms with Crippen molar-refractivity contribution in [3.8, 4) is 0 Å². The van der Waals surface area contributed by atoms with E-state index in [1.807, 2.05) is 6.07 Å². The number of nitrogens with zero attached hydrogens (tertiary/aromatic N) is 1. The average molecular weight is 330 g/mol. The van der Waals surface area contributed by atoms with Gasteiger partial charge in [-0.15, -0.1) is 11.3 Å². The van der Waals surface area contributed by atoms with Crippen molar-refractivity contribution in [1.29, 1.82) is 0 Å². The maximum absolute atomic E-state index is 12.4. The third-order valence-corrected chi connectivity index (χ3v) is 3.86. The number of carboxylic acids is 1. The number of alkyl halides is 3. The van der Waals surface area contributed by atoms with Gasteiger partial charge >= 0.3 is 12.1 Å². The molecule has 2 N–H and O–H groups in total. The van der Waals surface area contributed by atoms with E-state index in [2.05, 4.69) is 10.3 Å². The number of benzene rings is 1. The lowest BCUT2D eigenvalue weighted by Gasteiger charge is -2.07. The van der Waals surface area contributed by atoms with Crippen LogP contribution in [0, 0.1) is 0 Å². The predicted octanol–water partition coefficient (Wildman–Crippen LogP) is 3.79. The zero-order valence-electron chi connectivity index (χ0n) is 11.4. The van der Waals surface area contributed by atoms with Gasteiger partial charge in [-0.25, -0.2) is 4.98 Å². The summed E-state index contributed by atoms with van der Waals surface area (Å²) in [6, 6.07) is 7.14. The maximum atomic E-state index is 12.4. The third-order valence-electron chi connectivity index (χ3n) is 2.82. The van der Waals surface area contributed by atoms with Crippen LogP contribution in [-0.4, -0.2) is 16.1 Å². The summed E-state index contributed by atoms with van der Waals surface area (Å²) in [5.74, 6) is -0.872. The number of nitrogens with one attached hydrogen (secondary N) is 1. The average Bonchev–Trinajstić information content (AvgIpc) is 2.92. The zero-order valence-corrected chi connectivity index (χ0v) is 12.2. The molecule has 1 aromatic carbocycles. The predicted molar refractivity (Wildman–Crippen MR) is 76.8 cm³/mol. The summed E-state index contributed by atoms with van der Waals surface area (Å²) in [6.07, 6.45) is -2.77. The summed E-state index contributed by atoms with van der Waals surface area (Å²) in [5.41, 5.74) is 1.58. The molecule has 0 amide bonds. The van der Waals surface area contributed by atoms with E-state index in [-0.39, 0.29) is 13.0 Å². The van der Waals surface area contributed by atoms with Gasteiger partial charge < -0.3 is 10.4 Å². The van der Waals surface area contributed by atoms with Gasteiger partial charge in [-0.3, -0.25) is 4.79 Å². The van der Waals surface area contributed by atoms with Gasteiger partial charge in [0.2, 0.25) is 0 Å². The number of carboxylic acid groups (broad SMARTS) is 1. The molecule has 22 heavy (non-hydrogen) atoms. The molecule has 0 aliphatic carbocycles. The van der Waals surface area contributed by atoms with Gasteiger partial charge in [0.1, 0.15) is 0 Å². The van der Waals surface area contributed by atoms with Gasteiger partial charge in [-0.05, 0) is 24.1 Å². The number of aliphatic carboxylic acids is 1. The smallest absolute Gasteiger partial charge is 0.443 e. The van der Waals surface area contributed by atoms with Gasteiger partial charge in [0.25, 0.3) is 0 Å². The lowest BCUT2D eigenvalue weighted by Crippen LogP contribution is -2.03. The number of rotatable bonds is 6. The number of carbonyl (C=O) groups is 1. The highest BCUT2D eigenvalue weighted by Gasteiger charge is 2.34. The quantitative estimate of drug-likeness (QED) is 0.846. The number of hydrogen-bond acceptors (Lipinski definition) is 4. The molecule has 0 bridgehead atoms. The molecule has 0 aliphatic rings. The number of aromatic nitrogens is 1. The summed E-state index contributed by atoms with van der Waals surface area (Å²) in [5, 5.41) is 10.8. The van der Waals surface area contributed by atoms with E-state index in [1.165, 1.54) is 6.20 Å². The van der Waals surface area contributed by atoms with Crippen LogP contribution in [0.4, 0.5) is 18.9 Å². The molecule has 0 unspecified atom stereocenters. The lowest BCUT2D eigenvalue weighted by molar-refractivity contribution is -0.138. The third kappa shape index (κ3) is 4.73. The van der Waals surface area contributed by atoms with Crippen LogP contribution in [0.25, 0.3) is 0 Å². The van der Waals surface area contributed by atoms with Crippen LogP contribution < -0.4 is 5.32 Å².